The quantitative estimate of drug-likeness (QED) is 0.263. The molecule has 1 amide bonds. The van der Waals surface area contributed by atoms with Gasteiger partial charge in [0.2, 0.25) is 5.91 Å². The van der Waals surface area contributed by atoms with E-state index in [1.807, 2.05) is 20.2 Å². The number of alkyl halides is 1. The summed E-state index contributed by atoms with van der Waals surface area (Å²) in [5, 5.41) is 12.3. The summed E-state index contributed by atoms with van der Waals surface area (Å²) in [5.41, 5.74) is 6.50. The maximum Gasteiger partial charge on any atom is 0.248 e. The smallest absolute Gasteiger partial charge is 0.248 e. The first-order valence-corrected chi connectivity index (χ1v) is 12.3. The van der Waals surface area contributed by atoms with Crippen molar-refractivity contribution >= 4 is 52.5 Å². The zero-order valence-electron chi connectivity index (χ0n) is 18.8. The van der Waals surface area contributed by atoms with Crippen LogP contribution in [0.3, 0.4) is 0 Å². The van der Waals surface area contributed by atoms with Crippen LogP contribution in [-0.4, -0.2) is 58.6 Å². The van der Waals surface area contributed by atoms with Crippen molar-refractivity contribution in [2.45, 2.75) is 28.9 Å². The molecular weight excluding hydrogens is 579 g/mol. The average molecular weight is 610 g/mol. The van der Waals surface area contributed by atoms with Gasteiger partial charge in [-0.1, -0.05) is 52.4 Å². The van der Waals surface area contributed by atoms with Crippen LogP contribution in [0.15, 0.2) is 42.5 Å². The van der Waals surface area contributed by atoms with E-state index in [1.165, 1.54) is 12.1 Å². The molecule has 3 N–H and O–H groups in total. The molecule has 3 rings (SSSR count). The van der Waals surface area contributed by atoms with E-state index < -0.39 is 11.5 Å². The van der Waals surface area contributed by atoms with Crippen LogP contribution in [0, 0.1) is 11.7 Å². The predicted molar refractivity (Wildman–Crippen MR) is 142 cm³/mol. The molecule has 1 fully saturated rings. The second-order valence-electron chi connectivity index (χ2n) is 8.74. The molecule has 5 nitrogen and oxygen atoms in total. The van der Waals surface area contributed by atoms with Gasteiger partial charge < -0.3 is 15.7 Å². The molecule has 33 heavy (non-hydrogen) atoms. The maximum atomic E-state index is 13.3. The zero-order valence-corrected chi connectivity index (χ0v) is 22.5. The summed E-state index contributed by atoms with van der Waals surface area (Å²) in [6.45, 7) is 2.28. The van der Waals surface area contributed by atoms with Crippen LogP contribution in [0.4, 0.5) is 4.39 Å². The average Bonchev–Trinajstić information content (AvgIpc) is 2.74. The van der Waals surface area contributed by atoms with Crippen LogP contribution in [0.25, 0.3) is 0 Å². The fraction of sp³-hybridized carbons (Fsp3) is 0.458. The van der Waals surface area contributed by atoms with Crippen LogP contribution in [0.1, 0.15) is 34.3 Å². The highest BCUT2D eigenvalue weighted by Gasteiger charge is 2.47. The van der Waals surface area contributed by atoms with Crippen molar-refractivity contribution in [2.24, 2.45) is 11.7 Å². The van der Waals surface area contributed by atoms with Crippen molar-refractivity contribution in [2.75, 3.05) is 33.7 Å². The number of amides is 1. The van der Waals surface area contributed by atoms with Gasteiger partial charge in [-0.15, -0.1) is 12.4 Å². The lowest BCUT2D eigenvalue weighted by Crippen LogP contribution is -2.57. The summed E-state index contributed by atoms with van der Waals surface area (Å²) in [7, 11) is 4.00. The van der Waals surface area contributed by atoms with Crippen molar-refractivity contribution < 1.29 is 14.3 Å². The van der Waals surface area contributed by atoms with Gasteiger partial charge in [-0.2, -0.15) is 0 Å². The number of benzene rings is 2. The number of nitrogens with two attached hydrogens (primary N) is 1. The fourth-order valence-corrected chi connectivity index (χ4v) is 6.11. The molecule has 182 valence electrons. The Hall–Kier alpha value is -0.970. The van der Waals surface area contributed by atoms with E-state index >= 15 is 0 Å². The molecule has 2 aromatic rings. The molecule has 0 saturated carbocycles. The van der Waals surface area contributed by atoms with Gasteiger partial charge in [0.25, 0.3) is 0 Å². The Bertz CT molecular complexity index is 965. The number of primary amides is 1. The third kappa shape index (κ3) is 6.80. The molecule has 0 aromatic heterocycles. The zero-order chi connectivity index (χ0) is 23.5. The molecule has 1 saturated heterocycles. The van der Waals surface area contributed by atoms with E-state index in [-0.39, 0.29) is 28.2 Å². The lowest BCUT2D eigenvalue weighted by Gasteiger charge is -2.49. The van der Waals surface area contributed by atoms with E-state index in [0.29, 0.717) is 23.6 Å². The molecule has 0 spiro atoms. The number of carbonyl (C=O) groups excluding carboxylic acids is 1. The van der Waals surface area contributed by atoms with Gasteiger partial charge in [-0.3, -0.25) is 9.69 Å². The number of nitrogens with zero attached hydrogens (tertiary/aromatic N) is 2. The summed E-state index contributed by atoms with van der Waals surface area (Å²) in [5.74, 6) is -0.889. The third-order valence-corrected chi connectivity index (χ3v) is 8.20. The Morgan fingerprint density at radius 2 is 2.06 bits per heavy atom. The van der Waals surface area contributed by atoms with Gasteiger partial charge in [-0.05, 0) is 75.3 Å². The van der Waals surface area contributed by atoms with Crippen molar-refractivity contribution in [3.63, 3.8) is 0 Å². The van der Waals surface area contributed by atoms with Gasteiger partial charge in [0.05, 0.1) is 9.65 Å². The Morgan fingerprint density at radius 3 is 2.70 bits per heavy atom. The fourth-order valence-electron chi connectivity index (χ4n) is 4.47. The van der Waals surface area contributed by atoms with E-state index in [2.05, 4.69) is 32.4 Å². The van der Waals surface area contributed by atoms with Crippen LogP contribution < -0.4 is 5.73 Å². The molecular formula is C24H31Cl2FIN3O2. The number of likely N-dealkylation sites (tertiary alicyclic amines) is 1. The van der Waals surface area contributed by atoms with Gasteiger partial charge in [0.1, 0.15) is 5.82 Å². The molecule has 1 unspecified atom stereocenters. The highest BCUT2D eigenvalue weighted by Crippen LogP contribution is 2.43. The van der Waals surface area contributed by atoms with Gasteiger partial charge in [0.15, 0.2) is 0 Å². The molecule has 2 aromatic carbocycles. The molecule has 0 bridgehead atoms. The summed E-state index contributed by atoms with van der Waals surface area (Å²) in [6, 6.07) is 11.6. The lowest BCUT2D eigenvalue weighted by atomic mass is 9.75. The Morgan fingerprint density at radius 1 is 1.33 bits per heavy atom. The van der Waals surface area contributed by atoms with E-state index in [4.69, 9.17) is 17.3 Å². The Labute approximate surface area is 220 Å². The molecule has 9 heteroatoms. The lowest BCUT2D eigenvalue weighted by molar-refractivity contribution is -0.0893. The van der Waals surface area contributed by atoms with Gasteiger partial charge >= 0.3 is 0 Å². The first-order chi connectivity index (χ1) is 15.1. The number of rotatable bonds is 8. The number of carbonyl (C=O) groups is 1. The second-order valence-corrected chi connectivity index (χ2v) is 10.4. The summed E-state index contributed by atoms with van der Waals surface area (Å²) < 4.78 is 13.4. The summed E-state index contributed by atoms with van der Waals surface area (Å²) >= 11 is 8.60. The minimum absolute atomic E-state index is 0. The first kappa shape index (κ1) is 28.3. The highest BCUT2D eigenvalue weighted by molar-refractivity contribution is 14.1. The Balaban J connectivity index is 0.00000385. The molecule has 1 aliphatic heterocycles. The van der Waals surface area contributed by atoms with Crippen molar-refractivity contribution in [1.82, 2.24) is 9.80 Å². The third-order valence-electron chi connectivity index (χ3n) is 6.19. The number of aryl methyl sites for hydroxylation is 1. The molecule has 1 aliphatic rings. The van der Waals surface area contributed by atoms with E-state index in [9.17, 15) is 14.3 Å². The molecule has 0 aliphatic carbocycles. The maximum absolute atomic E-state index is 13.3. The number of hydrogen-bond donors (Lipinski definition) is 2. The summed E-state index contributed by atoms with van der Waals surface area (Å²) in [6.07, 6.45) is 2.21. The number of halogens is 4. The van der Waals surface area contributed by atoms with Crippen molar-refractivity contribution in [1.29, 1.82) is 0 Å². The van der Waals surface area contributed by atoms with Crippen molar-refractivity contribution in [3.8, 4) is 0 Å². The van der Waals surface area contributed by atoms with Crippen LogP contribution in [-0.2, 0) is 12.0 Å². The van der Waals surface area contributed by atoms with Crippen LogP contribution >= 0.6 is 46.6 Å². The largest absolute Gasteiger partial charge is 0.385 e. The summed E-state index contributed by atoms with van der Waals surface area (Å²) in [4.78, 5) is 16.2. The second kappa shape index (κ2) is 12.1. The van der Waals surface area contributed by atoms with Crippen LogP contribution in [0.2, 0.25) is 5.02 Å². The van der Waals surface area contributed by atoms with Crippen molar-refractivity contribution in [3.05, 3.63) is 70.0 Å². The number of aliphatic hydroxyl groups is 1. The molecule has 0 radical (unpaired) electrons. The first-order valence-electron chi connectivity index (χ1n) is 10.7. The highest BCUT2D eigenvalue weighted by atomic mass is 127. The number of piperidine rings is 1. The SMILES string of the molecule is CN(C)C[C@H]1C(I)N(CCCc2ccc(F)cc2Cl)CC[C@@]1(O)c1cccc(C(N)=O)c1.Cl. The predicted octanol–water partition coefficient (Wildman–Crippen LogP) is 4.46. The normalized spacial score (nSPS) is 23.4. The van der Waals surface area contributed by atoms with E-state index in [1.54, 1.807) is 24.3 Å². The van der Waals surface area contributed by atoms with E-state index in [0.717, 1.165) is 37.1 Å². The Kier molecular flexibility index (Phi) is 10.4. The minimum Gasteiger partial charge on any atom is -0.385 e. The van der Waals surface area contributed by atoms with Crippen LogP contribution in [0.5, 0.6) is 0 Å². The standard InChI is InChI=1S/C24H30ClFIN3O2.ClH/c1-29(2)15-20-22(27)30(11-4-6-16-8-9-19(26)14-21(16)25)12-10-24(20,32)18-7-3-5-17(13-18)23(28)31;/h3,5,7-9,13-14,20,22,32H,4,6,10-12,15H2,1-2H3,(H2,28,31);1H/t20-,22?,24+;/m0./s1. The monoisotopic (exact) mass is 609 g/mol. The van der Waals surface area contributed by atoms with Gasteiger partial charge in [-0.25, -0.2) is 4.39 Å². The minimum atomic E-state index is -1.06. The number of hydrogen-bond acceptors (Lipinski definition) is 4. The topological polar surface area (TPSA) is 69.8 Å². The molecule has 3 atom stereocenters. The van der Waals surface area contributed by atoms with Gasteiger partial charge in [0, 0.05) is 29.6 Å². The molecule has 1 heterocycles.